The van der Waals surface area contributed by atoms with Crippen LogP contribution in [0.25, 0.3) is 6.08 Å². The Hall–Kier alpha value is 0.423. The Morgan fingerprint density at radius 1 is 1.18 bits per heavy atom. The minimum Gasteiger partial charge on any atom is -1.00 e. The molecule has 3 heteroatoms. The van der Waals surface area contributed by atoms with Crippen molar-refractivity contribution in [1.29, 1.82) is 0 Å². The molecular weight excluding hydrogens is 330 g/mol. The first-order valence-electron chi connectivity index (χ1n) is 5.83. The molecule has 0 N–H and O–H groups in total. The number of unbranched alkanes of at least 4 members (excludes halogenated alkanes) is 1. The van der Waals surface area contributed by atoms with Gasteiger partial charge in [-0.05, 0) is 0 Å². The van der Waals surface area contributed by atoms with Crippen molar-refractivity contribution in [2.24, 2.45) is 0 Å². The first-order chi connectivity index (χ1) is 7.36. The molecule has 1 aliphatic rings. The summed E-state index contributed by atoms with van der Waals surface area (Å²) in [5.41, 5.74) is 4.85. The van der Waals surface area contributed by atoms with E-state index in [0.29, 0.717) is 0 Å². The van der Waals surface area contributed by atoms with Crippen molar-refractivity contribution in [3.8, 4) is 0 Å². The Morgan fingerprint density at radius 3 is 2.53 bits per heavy atom. The molecule has 0 aliphatic heterocycles. The topological polar surface area (TPSA) is 0 Å². The van der Waals surface area contributed by atoms with Gasteiger partial charge >= 0.3 is 105 Å². The van der Waals surface area contributed by atoms with Crippen LogP contribution in [0.4, 0.5) is 0 Å². The summed E-state index contributed by atoms with van der Waals surface area (Å²) in [4.78, 5) is 0. The summed E-state index contributed by atoms with van der Waals surface area (Å²) in [6, 6.07) is 8.96. The van der Waals surface area contributed by atoms with Crippen molar-refractivity contribution < 1.29 is 48.0 Å². The third kappa shape index (κ3) is 3.95. The van der Waals surface area contributed by atoms with E-state index >= 15 is 0 Å². The zero-order chi connectivity index (χ0) is 10.7. The fourth-order valence-corrected chi connectivity index (χ4v) is 5.21. The van der Waals surface area contributed by atoms with Crippen LogP contribution in [-0.4, -0.2) is 0 Å². The van der Waals surface area contributed by atoms with Crippen molar-refractivity contribution in [1.82, 2.24) is 0 Å². The van der Waals surface area contributed by atoms with Gasteiger partial charge in [-0.2, -0.15) is 0 Å². The normalized spacial score (nSPS) is 16.1. The van der Waals surface area contributed by atoms with Crippen LogP contribution in [0.5, 0.6) is 0 Å². The zero-order valence-electron chi connectivity index (χ0n) is 10.3. The molecule has 0 aromatic heterocycles. The molecule has 17 heavy (non-hydrogen) atoms. The maximum absolute atomic E-state index is 2.47. The maximum atomic E-state index is 2.47. The molecule has 1 aromatic rings. The van der Waals surface area contributed by atoms with Crippen LogP contribution < -0.4 is 24.8 Å². The van der Waals surface area contributed by atoms with Gasteiger partial charge in [-0.1, -0.05) is 0 Å². The van der Waals surface area contributed by atoms with Crippen molar-refractivity contribution in [2.45, 2.75) is 34.4 Å². The van der Waals surface area contributed by atoms with E-state index < -0.39 is 0 Å². The summed E-state index contributed by atoms with van der Waals surface area (Å²) in [5, 5.41) is 0. The van der Waals surface area contributed by atoms with Gasteiger partial charge in [0.2, 0.25) is 0 Å². The number of halogens is 2. The minimum atomic E-state index is -0.232. The van der Waals surface area contributed by atoms with Gasteiger partial charge in [-0.15, -0.1) is 0 Å². The average Bonchev–Trinajstić information content (AvgIpc) is 2.63. The van der Waals surface area contributed by atoms with Crippen LogP contribution in [0.2, 0.25) is 4.63 Å². The third-order valence-corrected chi connectivity index (χ3v) is 6.22. The number of benzene rings is 1. The number of hydrogen-bond acceptors (Lipinski definition) is 0. The van der Waals surface area contributed by atoms with E-state index in [2.05, 4.69) is 41.9 Å². The molecule has 92 valence electrons. The average molecular weight is 348 g/mol. The molecular formula is C14H18Cl2Zr. The summed E-state index contributed by atoms with van der Waals surface area (Å²) in [5.74, 6) is 0. The largest absolute Gasteiger partial charge is 1.00 e. The Labute approximate surface area is 129 Å². The van der Waals surface area contributed by atoms with Gasteiger partial charge in [0, 0.05) is 0 Å². The molecule has 1 atom stereocenters. The van der Waals surface area contributed by atoms with Gasteiger partial charge in [0.05, 0.1) is 0 Å². The molecule has 0 nitrogen and oxygen atoms in total. The van der Waals surface area contributed by atoms with E-state index in [0.717, 1.165) is 3.63 Å². The first kappa shape index (κ1) is 17.4. The fourth-order valence-electron chi connectivity index (χ4n) is 2.33. The van der Waals surface area contributed by atoms with E-state index in [-0.39, 0.29) is 48.0 Å². The SMILES string of the molecule is CCCCC1=Cc2ccccc2[CH]1[Zr+2][CH3].[Cl-].[Cl-]. The zero-order valence-corrected chi connectivity index (χ0v) is 14.3. The number of fused-ring (bicyclic) bond motifs is 1. The van der Waals surface area contributed by atoms with E-state index in [1.165, 1.54) is 24.8 Å². The summed E-state index contributed by atoms with van der Waals surface area (Å²) < 4.78 is 3.34. The molecule has 0 spiro atoms. The molecule has 0 amide bonds. The molecule has 0 heterocycles. The van der Waals surface area contributed by atoms with Gasteiger partial charge in [0.15, 0.2) is 0 Å². The Balaban J connectivity index is 0.00000128. The summed E-state index contributed by atoms with van der Waals surface area (Å²) in [6.45, 7) is 2.28. The Bertz CT molecular complexity index is 374. The summed E-state index contributed by atoms with van der Waals surface area (Å²) in [7, 11) is 0. The van der Waals surface area contributed by atoms with Gasteiger partial charge < -0.3 is 24.8 Å². The second-order valence-corrected chi connectivity index (χ2v) is 7.01. The second kappa shape index (κ2) is 8.51. The molecule has 0 saturated heterocycles. The van der Waals surface area contributed by atoms with E-state index in [9.17, 15) is 0 Å². The van der Waals surface area contributed by atoms with Crippen LogP contribution in [0.1, 0.15) is 40.9 Å². The van der Waals surface area contributed by atoms with Crippen LogP contribution in [0.3, 0.4) is 0 Å². The smallest absolute Gasteiger partial charge is 1.00 e. The number of hydrogen-bond donors (Lipinski definition) is 0. The van der Waals surface area contributed by atoms with Crippen molar-refractivity contribution in [3.63, 3.8) is 0 Å². The molecule has 0 bridgehead atoms. The van der Waals surface area contributed by atoms with Gasteiger partial charge in [0.25, 0.3) is 0 Å². The standard InChI is InChI=1S/C13H15.CH3.2ClH.Zr/c1-2-3-6-11-9-12-7-4-5-8-13(12)10-11;;;;/h4-5,7-10H,2-3,6H2,1H3;1H3;2*1H;/q;;;;+2/p-2. The maximum Gasteiger partial charge on any atom is -1.00 e. The Morgan fingerprint density at radius 2 is 1.88 bits per heavy atom. The molecule has 0 saturated carbocycles. The molecule has 0 fully saturated rings. The van der Waals surface area contributed by atoms with Gasteiger partial charge in [-0.3, -0.25) is 0 Å². The van der Waals surface area contributed by atoms with Crippen molar-refractivity contribution in [3.05, 3.63) is 41.0 Å². The predicted molar refractivity (Wildman–Crippen MR) is 62.5 cm³/mol. The predicted octanol–water partition coefficient (Wildman–Crippen LogP) is -1.55. The second-order valence-electron chi connectivity index (χ2n) is 4.17. The van der Waals surface area contributed by atoms with Crippen molar-refractivity contribution >= 4 is 6.08 Å². The van der Waals surface area contributed by atoms with Gasteiger partial charge in [0.1, 0.15) is 0 Å². The third-order valence-electron chi connectivity index (χ3n) is 3.13. The van der Waals surface area contributed by atoms with E-state index in [4.69, 9.17) is 0 Å². The van der Waals surface area contributed by atoms with Crippen LogP contribution in [0.15, 0.2) is 29.8 Å². The van der Waals surface area contributed by atoms with Crippen LogP contribution in [-0.2, 0) is 23.2 Å². The Kier molecular flexibility index (Phi) is 8.72. The number of rotatable bonds is 4. The van der Waals surface area contributed by atoms with E-state index in [1.54, 1.807) is 11.1 Å². The molecule has 1 unspecified atom stereocenters. The fraction of sp³-hybridized carbons (Fsp3) is 0.429. The van der Waals surface area contributed by atoms with Gasteiger partial charge in [-0.25, -0.2) is 0 Å². The molecule has 1 aromatic carbocycles. The van der Waals surface area contributed by atoms with Crippen LogP contribution in [0, 0.1) is 0 Å². The summed E-state index contributed by atoms with van der Waals surface area (Å²) >= 11 is -0.232. The van der Waals surface area contributed by atoms with Crippen LogP contribution >= 0.6 is 0 Å². The summed E-state index contributed by atoms with van der Waals surface area (Å²) in [6.07, 6.45) is 6.45. The first-order valence-corrected chi connectivity index (χ1v) is 9.71. The van der Waals surface area contributed by atoms with E-state index in [1.807, 2.05) is 0 Å². The molecule has 1 aliphatic carbocycles. The molecule has 2 rings (SSSR count). The molecule has 0 radical (unpaired) electrons. The number of allylic oxidation sites excluding steroid dienone is 1. The quantitative estimate of drug-likeness (QED) is 0.618. The minimum absolute atomic E-state index is 0. The monoisotopic (exact) mass is 346 g/mol. The van der Waals surface area contributed by atoms with Crippen molar-refractivity contribution in [2.75, 3.05) is 0 Å².